The summed E-state index contributed by atoms with van der Waals surface area (Å²) >= 11 is 12.1. The van der Waals surface area contributed by atoms with Gasteiger partial charge in [0, 0.05) is 11.9 Å². The van der Waals surface area contributed by atoms with E-state index in [9.17, 15) is 4.79 Å². The molecule has 0 fully saturated rings. The van der Waals surface area contributed by atoms with Crippen molar-refractivity contribution in [3.63, 3.8) is 0 Å². The largest absolute Gasteiger partial charge is 0.397 e. The summed E-state index contributed by atoms with van der Waals surface area (Å²) in [4.78, 5) is 14.7. The zero-order valence-corrected chi connectivity index (χ0v) is 11.1. The third kappa shape index (κ3) is 2.44. The number of aryl methyl sites for hydroxylation is 1. The lowest BCUT2D eigenvalue weighted by atomic mass is 10.2. The van der Waals surface area contributed by atoms with Crippen molar-refractivity contribution in [1.82, 2.24) is 4.98 Å². The molecular weight excluding hydrogens is 273 g/mol. The summed E-state index contributed by atoms with van der Waals surface area (Å²) in [6, 6.07) is 5.00. The molecule has 1 amide bonds. The number of nitrogen functional groups attached to an aromatic ring is 1. The number of H-pyrrole nitrogens is 1. The van der Waals surface area contributed by atoms with Crippen LogP contribution in [0.1, 0.15) is 16.1 Å². The lowest BCUT2D eigenvalue weighted by Gasteiger charge is -2.10. The standard InChI is InChI=1S/C12H11Cl2N3O/c1-6-2-3-8(13)11(10(6)14)17-12(18)9-4-7(15)5-16-9/h2-5,16H,15H2,1H3,(H,17,18). The summed E-state index contributed by atoms with van der Waals surface area (Å²) < 4.78 is 0. The van der Waals surface area contributed by atoms with E-state index in [4.69, 9.17) is 28.9 Å². The van der Waals surface area contributed by atoms with Crippen LogP contribution in [0.3, 0.4) is 0 Å². The van der Waals surface area contributed by atoms with Crippen molar-refractivity contribution in [3.05, 3.63) is 45.7 Å². The number of hydrogen-bond acceptors (Lipinski definition) is 2. The minimum Gasteiger partial charge on any atom is -0.397 e. The number of benzene rings is 1. The molecule has 18 heavy (non-hydrogen) atoms. The van der Waals surface area contributed by atoms with Gasteiger partial charge in [-0.3, -0.25) is 4.79 Å². The molecule has 1 aromatic heterocycles. The molecule has 0 aliphatic carbocycles. The summed E-state index contributed by atoms with van der Waals surface area (Å²) in [5, 5.41) is 3.47. The van der Waals surface area contributed by atoms with Gasteiger partial charge in [0.1, 0.15) is 5.69 Å². The van der Waals surface area contributed by atoms with Crippen LogP contribution >= 0.6 is 23.2 Å². The topological polar surface area (TPSA) is 70.9 Å². The molecule has 0 radical (unpaired) electrons. The van der Waals surface area contributed by atoms with Crippen LogP contribution in [0.2, 0.25) is 10.0 Å². The van der Waals surface area contributed by atoms with Crippen LogP contribution in [0.4, 0.5) is 11.4 Å². The van der Waals surface area contributed by atoms with Crippen LogP contribution in [0.15, 0.2) is 24.4 Å². The zero-order valence-electron chi connectivity index (χ0n) is 9.55. The Balaban J connectivity index is 2.30. The zero-order chi connectivity index (χ0) is 13.3. The molecule has 0 saturated carbocycles. The molecule has 0 spiro atoms. The van der Waals surface area contributed by atoms with E-state index < -0.39 is 0 Å². The third-order valence-corrected chi connectivity index (χ3v) is 3.27. The van der Waals surface area contributed by atoms with E-state index in [0.29, 0.717) is 27.1 Å². The minimum atomic E-state index is -0.346. The first kappa shape index (κ1) is 12.8. The van der Waals surface area contributed by atoms with E-state index in [-0.39, 0.29) is 5.91 Å². The molecule has 4 N–H and O–H groups in total. The van der Waals surface area contributed by atoms with Crippen LogP contribution < -0.4 is 11.1 Å². The predicted molar refractivity (Wildman–Crippen MR) is 74.4 cm³/mol. The number of nitrogens with two attached hydrogens (primary N) is 1. The van der Waals surface area contributed by atoms with E-state index in [1.807, 2.05) is 6.92 Å². The number of carbonyl (C=O) groups excluding carboxylic acids is 1. The highest BCUT2D eigenvalue weighted by molar-refractivity contribution is 6.40. The van der Waals surface area contributed by atoms with Gasteiger partial charge in [0.2, 0.25) is 0 Å². The van der Waals surface area contributed by atoms with Gasteiger partial charge in [-0.1, -0.05) is 29.3 Å². The lowest BCUT2D eigenvalue weighted by molar-refractivity contribution is 0.102. The van der Waals surface area contributed by atoms with Crippen LogP contribution in [0.5, 0.6) is 0 Å². The molecule has 6 heteroatoms. The summed E-state index contributed by atoms with van der Waals surface area (Å²) in [6.45, 7) is 1.83. The molecule has 0 saturated heterocycles. The number of aromatic amines is 1. The van der Waals surface area contributed by atoms with Gasteiger partial charge in [0.25, 0.3) is 5.91 Å². The number of halogens is 2. The Hall–Kier alpha value is -1.65. The normalized spacial score (nSPS) is 10.4. The molecule has 2 rings (SSSR count). The maximum atomic E-state index is 11.9. The van der Waals surface area contributed by atoms with Crippen molar-refractivity contribution in [2.45, 2.75) is 6.92 Å². The van der Waals surface area contributed by atoms with Crippen molar-refractivity contribution in [2.24, 2.45) is 0 Å². The fraction of sp³-hybridized carbons (Fsp3) is 0.0833. The molecule has 0 aliphatic rings. The number of amides is 1. The maximum Gasteiger partial charge on any atom is 0.272 e. The van der Waals surface area contributed by atoms with Crippen molar-refractivity contribution < 1.29 is 4.79 Å². The molecule has 0 unspecified atom stereocenters. The molecule has 1 aromatic carbocycles. The third-order valence-electron chi connectivity index (χ3n) is 2.47. The fourth-order valence-electron chi connectivity index (χ4n) is 1.49. The van der Waals surface area contributed by atoms with Crippen molar-refractivity contribution in [3.8, 4) is 0 Å². The molecule has 1 heterocycles. The van der Waals surface area contributed by atoms with Crippen LogP contribution in [0.25, 0.3) is 0 Å². The van der Waals surface area contributed by atoms with E-state index in [2.05, 4.69) is 10.3 Å². The van der Waals surface area contributed by atoms with E-state index in [1.54, 1.807) is 12.1 Å². The van der Waals surface area contributed by atoms with Crippen LogP contribution in [-0.4, -0.2) is 10.9 Å². The molecule has 0 bridgehead atoms. The number of aromatic nitrogens is 1. The Labute approximate surface area is 114 Å². The number of carbonyl (C=O) groups is 1. The van der Waals surface area contributed by atoms with Crippen LogP contribution in [0, 0.1) is 6.92 Å². The average molecular weight is 284 g/mol. The second kappa shape index (κ2) is 4.92. The first-order chi connectivity index (χ1) is 8.49. The number of rotatable bonds is 2. The van der Waals surface area contributed by atoms with Gasteiger partial charge in [-0.15, -0.1) is 0 Å². The predicted octanol–water partition coefficient (Wildman–Crippen LogP) is 3.46. The number of anilines is 2. The van der Waals surface area contributed by atoms with Crippen molar-refractivity contribution in [1.29, 1.82) is 0 Å². The number of hydrogen-bond donors (Lipinski definition) is 3. The summed E-state index contributed by atoms with van der Waals surface area (Å²) in [6.07, 6.45) is 1.54. The minimum absolute atomic E-state index is 0.346. The Morgan fingerprint density at radius 1 is 1.39 bits per heavy atom. The summed E-state index contributed by atoms with van der Waals surface area (Å²) in [5.41, 5.74) is 7.60. The summed E-state index contributed by atoms with van der Waals surface area (Å²) in [5.74, 6) is -0.346. The monoisotopic (exact) mass is 283 g/mol. The SMILES string of the molecule is Cc1ccc(Cl)c(NC(=O)c2cc(N)c[nH]2)c1Cl. The molecular formula is C12H11Cl2N3O. The molecule has 0 atom stereocenters. The van der Waals surface area contributed by atoms with Gasteiger partial charge in [-0.05, 0) is 24.6 Å². The highest BCUT2D eigenvalue weighted by atomic mass is 35.5. The van der Waals surface area contributed by atoms with Gasteiger partial charge < -0.3 is 16.0 Å². The van der Waals surface area contributed by atoms with Gasteiger partial charge in [0.15, 0.2) is 0 Å². The molecule has 4 nitrogen and oxygen atoms in total. The first-order valence-corrected chi connectivity index (χ1v) is 5.94. The Morgan fingerprint density at radius 2 is 2.11 bits per heavy atom. The Morgan fingerprint density at radius 3 is 2.72 bits per heavy atom. The smallest absolute Gasteiger partial charge is 0.272 e. The van der Waals surface area contributed by atoms with Gasteiger partial charge >= 0.3 is 0 Å². The van der Waals surface area contributed by atoms with Gasteiger partial charge in [-0.2, -0.15) is 0 Å². The van der Waals surface area contributed by atoms with E-state index in [1.165, 1.54) is 12.3 Å². The second-order valence-corrected chi connectivity index (χ2v) is 4.64. The Kier molecular flexibility index (Phi) is 3.50. The molecule has 2 aromatic rings. The highest BCUT2D eigenvalue weighted by Crippen LogP contribution is 2.33. The highest BCUT2D eigenvalue weighted by Gasteiger charge is 2.14. The Bertz CT molecular complexity index is 607. The van der Waals surface area contributed by atoms with Crippen molar-refractivity contribution >= 4 is 40.5 Å². The van der Waals surface area contributed by atoms with Crippen LogP contribution in [-0.2, 0) is 0 Å². The van der Waals surface area contributed by atoms with E-state index in [0.717, 1.165) is 5.56 Å². The molecule has 0 aliphatic heterocycles. The maximum absolute atomic E-state index is 11.9. The average Bonchev–Trinajstić information content (AvgIpc) is 2.76. The molecule has 94 valence electrons. The van der Waals surface area contributed by atoms with Crippen molar-refractivity contribution in [2.75, 3.05) is 11.1 Å². The van der Waals surface area contributed by atoms with Gasteiger partial charge in [-0.25, -0.2) is 0 Å². The van der Waals surface area contributed by atoms with Gasteiger partial charge in [0.05, 0.1) is 15.7 Å². The lowest BCUT2D eigenvalue weighted by Crippen LogP contribution is -2.13. The fourth-order valence-corrected chi connectivity index (χ4v) is 1.96. The first-order valence-electron chi connectivity index (χ1n) is 5.19. The number of nitrogens with one attached hydrogen (secondary N) is 2. The second-order valence-electron chi connectivity index (χ2n) is 3.85. The summed E-state index contributed by atoms with van der Waals surface area (Å²) in [7, 11) is 0. The van der Waals surface area contributed by atoms with E-state index >= 15 is 0 Å². The quantitative estimate of drug-likeness (QED) is 0.790.